The Bertz CT molecular complexity index is 1660. The molecule has 40 heavy (non-hydrogen) atoms. The van der Waals surface area contributed by atoms with Crippen molar-refractivity contribution >= 4 is 40.7 Å². The van der Waals surface area contributed by atoms with E-state index < -0.39 is 11.9 Å². The Labute approximate surface area is 238 Å². The maximum atomic E-state index is 14.0. The lowest BCUT2D eigenvalue weighted by Crippen LogP contribution is -2.33. The van der Waals surface area contributed by atoms with E-state index in [2.05, 4.69) is 53.1 Å². The van der Waals surface area contributed by atoms with Gasteiger partial charge in [0, 0.05) is 42.3 Å². The fraction of sp³-hybridized carbons (Fsp3) is 0.147. The lowest BCUT2D eigenvalue weighted by molar-refractivity contribution is 0.157. The molecule has 202 valence electrons. The van der Waals surface area contributed by atoms with Crippen LogP contribution in [0.1, 0.15) is 30.5 Å². The van der Waals surface area contributed by atoms with Gasteiger partial charge in [-0.05, 0) is 66.4 Å². The molecule has 0 saturated carbocycles. The van der Waals surface area contributed by atoms with E-state index in [0.29, 0.717) is 36.5 Å². The first-order valence-corrected chi connectivity index (χ1v) is 13.7. The van der Waals surface area contributed by atoms with Crippen LogP contribution in [0.4, 0.5) is 9.18 Å². The molecule has 5 aromatic rings. The maximum Gasteiger partial charge on any atom is 0.415 e. The number of fused-ring (bicyclic) bond motifs is 1. The van der Waals surface area contributed by atoms with Gasteiger partial charge < -0.3 is 14.2 Å². The molecular weight excluding hydrogens is 523 g/mol. The molecule has 1 aromatic heterocycles. The fourth-order valence-corrected chi connectivity index (χ4v) is 4.93. The molecule has 0 bridgehead atoms. The monoisotopic (exact) mass is 552 g/mol. The Kier molecular flexibility index (Phi) is 8.32. The predicted molar refractivity (Wildman–Crippen MR) is 162 cm³/mol. The molecular formula is C34H30ClFN2O2. The summed E-state index contributed by atoms with van der Waals surface area (Å²) in [6.07, 6.45) is 5.78. The first-order chi connectivity index (χ1) is 19.5. The SMILES string of the molecule is CCN(CC)C(=O)Oc1ccc2c(ccn2Cc2ccc(C=Cc3ccccc3)cc2)c1-c1ccc(F)c(Cl)c1. The number of amides is 1. The normalized spacial score (nSPS) is 11.3. The van der Waals surface area contributed by atoms with Gasteiger partial charge in [0.1, 0.15) is 11.6 Å². The average molecular weight is 553 g/mol. The molecule has 4 nitrogen and oxygen atoms in total. The molecule has 1 heterocycles. The van der Waals surface area contributed by atoms with Gasteiger partial charge in [0.05, 0.1) is 5.02 Å². The summed E-state index contributed by atoms with van der Waals surface area (Å²) in [6.45, 7) is 5.54. The topological polar surface area (TPSA) is 34.5 Å². The van der Waals surface area contributed by atoms with Crippen molar-refractivity contribution in [3.63, 3.8) is 0 Å². The summed E-state index contributed by atoms with van der Waals surface area (Å²) in [6, 6.07) is 29.0. The molecule has 0 aliphatic rings. The lowest BCUT2D eigenvalue weighted by Gasteiger charge is -2.20. The van der Waals surface area contributed by atoms with Crippen LogP contribution in [0.25, 0.3) is 34.2 Å². The first kappa shape index (κ1) is 27.2. The van der Waals surface area contributed by atoms with Crippen molar-refractivity contribution in [3.05, 3.63) is 125 Å². The van der Waals surface area contributed by atoms with E-state index in [1.165, 1.54) is 6.07 Å². The molecule has 0 radical (unpaired) electrons. The molecule has 0 spiro atoms. The summed E-state index contributed by atoms with van der Waals surface area (Å²) in [5.74, 6) is -0.0988. The third-order valence-electron chi connectivity index (χ3n) is 6.94. The fourth-order valence-electron chi connectivity index (χ4n) is 4.75. The number of nitrogens with zero attached hydrogens (tertiary/aromatic N) is 2. The van der Waals surface area contributed by atoms with Crippen LogP contribution < -0.4 is 4.74 Å². The zero-order chi connectivity index (χ0) is 28.1. The highest BCUT2D eigenvalue weighted by atomic mass is 35.5. The molecule has 1 amide bonds. The average Bonchev–Trinajstić information content (AvgIpc) is 3.38. The van der Waals surface area contributed by atoms with E-state index in [-0.39, 0.29) is 5.02 Å². The number of hydrogen-bond acceptors (Lipinski definition) is 2. The number of carbonyl (C=O) groups is 1. The Morgan fingerprint density at radius 3 is 2.27 bits per heavy atom. The number of aromatic nitrogens is 1. The minimum Gasteiger partial charge on any atom is -0.410 e. The van der Waals surface area contributed by atoms with Crippen LogP contribution in [-0.4, -0.2) is 28.6 Å². The second kappa shape index (κ2) is 12.2. The summed E-state index contributed by atoms with van der Waals surface area (Å²) in [5, 5.41) is 0.895. The summed E-state index contributed by atoms with van der Waals surface area (Å²) in [4.78, 5) is 14.4. The molecule has 5 rings (SSSR count). The minimum absolute atomic E-state index is 0.0105. The number of hydrogen-bond donors (Lipinski definition) is 0. The van der Waals surface area contributed by atoms with Crippen molar-refractivity contribution in [2.24, 2.45) is 0 Å². The van der Waals surface area contributed by atoms with Crippen LogP contribution in [0.3, 0.4) is 0 Å². The molecule has 0 saturated heterocycles. The summed E-state index contributed by atoms with van der Waals surface area (Å²) >= 11 is 6.15. The molecule has 4 aromatic carbocycles. The van der Waals surface area contributed by atoms with Gasteiger partial charge in [-0.25, -0.2) is 9.18 Å². The third-order valence-corrected chi connectivity index (χ3v) is 7.23. The van der Waals surface area contributed by atoms with Crippen molar-refractivity contribution in [1.82, 2.24) is 9.47 Å². The van der Waals surface area contributed by atoms with Gasteiger partial charge in [-0.15, -0.1) is 0 Å². The number of rotatable bonds is 8. The van der Waals surface area contributed by atoms with Crippen LogP contribution in [-0.2, 0) is 6.54 Å². The Hall–Kier alpha value is -4.35. The van der Waals surface area contributed by atoms with Gasteiger partial charge in [0.2, 0.25) is 0 Å². The van der Waals surface area contributed by atoms with E-state index >= 15 is 0 Å². The van der Waals surface area contributed by atoms with Crippen LogP contribution in [0, 0.1) is 5.82 Å². The number of halogens is 2. The van der Waals surface area contributed by atoms with E-state index in [0.717, 1.165) is 27.6 Å². The molecule has 0 atom stereocenters. The highest BCUT2D eigenvalue weighted by Gasteiger charge is 2.20. The molecule has 0 aliphatic heterocycles. The van der Waals surface area contributed by atoms with Crippen molar-refractivity contribution < 1.29 is 13.9 Å². The van der Waals surface area contributed by atoms with Crippen LogP contribution in [0.2, 0.25) is 5.02 Å². The van der Waals surface area contributed by atoms with Gasteiger partial charge in [-0.2, -0.15) is 0 Å². The van der Waals surface area contributed by atoms with Crippen LogP contribution in [0.5, 0.6) is 5.75 Å². The van der Waals surface area contributed by atoms with E-state index in [1.54, 1.807) is 23.1 Å². The molecule has 0 aliphatic carbocycles. The predicted octanol–water partition coefficient (Wildman–Crippen LogP) is 9.16. The minimum atomic E-state index is -0.501. The summed E-state index contributed by atoms with van der Waals surface area (Å²) < 4.78 is 22.0. The van der Waals surface area contributed by atoms with Gasteiger partial charge in [0.15, 0.2) is 0 Å². The van der Waals surface area contributed by atoms with E-state index in [4.69, 9.17) is 16.3 Å². The second-order valence-corrected chi connectivity index (χ2v) is 9.88. The Morgan fingerprint density at radius 1 is 0.900 bits per heavy atom. The van der Waals surface area contributed by atoms with E-state index in [1.807, 2.05) is 50.4 Å². The zero-order valence-electron chi connectivity index (χ0n) is 22.5. The van der Waals surface area contributed by atoms with Crippen LogP contribution >= 0.6 is 11.6 Å². The van der Waals surface area contributed by atoms with Gasteiger partial charge in [0.25, 0.3) is 0 Å². The largest absolute Gasteiger partial charge is 0.415 e. The number of carbonyl (C=O) groups excluding carboxylic acids is 1. The molecule has 0 fully saturated rings. The summed E-state index contributed by atoms with van der Waals surface area (Å²) in [7, 11) is 0. The van der Waals surface area contributed by atoms with Crippen molar-refractivity contribution in [2.75, 3.05) is 13.1 Å². The van der Waals surface area contributed by atoms with Crippen molar-refractivity contribution in [1.29, 1.82) is 0 Å². The Balaban J connectivity index is 1.47. The maximum absolute atomic E-state index is 14.0. The lowest BCUT2D eigenvalue weighted by atomic mass is 10.0. The van der Waals surface area contributed by atoms with Gasteiger partial charge in [-0.1, -0.05) is 84.4 Å². The third kappa shape index (κ3) is 5.95. The standard InChI is InChI=1S/C34H30ClFN2O2/c1-3-37(4-2)34(39)40-32-19-18-31-28(33(32)27-16-17-30(36)29(35)22-27)20-21-38(31)23-26-14-12-25(13-15-26)11-10-24-8-6-5-7-9-24/h5-22H,3-4,23H2,1-2H3. The quantitative estimate of drug-likeness (QED) is 0.180. The molecule has 0 unspecified atom stereocenters. The van der Waals surface area contributed by atoms with Crippen molar-refractivity contribution in [2.45, 2.75) is 20.4 Å². The number of ether oxygens (including phenoxy) is 1. The number of benzene rings is 4. The van der Waals surface area contributed by atoms with Gasteiger partial charge in [-0.3, -0.25) is 0 Å². The van der Waals surface area contributed by atoms with Gasteiger partial charge >= 0.3 is 6.09 Å². The smallest absolute Gasteiger partial charge is 0.410 e. The van der Waals surface area contributed by atoms with Crippen LogP contribution in [0.15, 0.2) is 97.2 Å². The second-order valence-electron chi connectivity index (χ2n) is 9.47. The highest BCUT2D eigenvalue weighted by molar-refractivity contribution is 6.31. The molecule has 6 heteroatoms. The van der Waals surface area contributed by atoms with E-state index in [9.17, 15) is 9.18 Å². The zero-order valence-corrected chi connectivity index (χ0v) is 23.2. The Morgan fingerprint density at radius 2 is 1.60 bits per heavy atom. The molecule has 0 N–H and O–H groups in total. The first-order valence-electron chi connectivity index (χ1n) is 13.3. The highest BCUT2D eigenvalue weighted by Crippen LogP contribution is 2.39. The summed E-state index contributed by atoms with van der Waals surface area (Å²) in [5.41, 5.74) is 5.77. The van der Waals surface area contributed by atoms with Crippen molar-refractivity contribution in [3.8, 4) is 16.9 Å².